The summed E-state index contributed by atoms with van der Waals surface area (Å²) in [7, 11) is 1.70. The summed E-state index contributed by atoms with van der Waals surface area (Å²) in [5, 5.41) is 10.1. The first-order chi connectivity index (χ1) is 9.31. The zero-order valence-corrected chi connectivity index (χ0v) is 12.5. The van der Waals surface area contributed by atoms with Crippen LogP contribution < -0.4 is 10.1 Å². The van der Waals surface area contributed by atoms with E-state index in [9.17, 15) is 0 Å². The van der Waals surface area contributed by atoms with Crippen molar-refractivity contribution in [3.63, 3.8) is 0 Å². The van der Waals surface area contributed by atoms with E-state index in [0.717, 1.165) is 31.0 Å². The molecule has 0 bridgehead atoms. The van der Waals surface area contributed by atoms with E-state index in [0.29, 0.717) is 0 Å². The molecule has 0 amide bonds. The Hall–Kier alpha value is -1.33. The zero-order chi connectivity index (χ0) is 13.7. The van der Waals surface area contributed by atoms with Gasteiger partial charge in [-0.1, -0.05) is 19.9 Å². The Balaban J connectivity index is 2.42. The Morgan fingerprint density at radius 3 is 2.89 bits per heavy atom. The monoisotopic (exact) mass is 279 g/mol. The highest BCUT2D eigenvalue weighted by Crippen LogP contribution is 2.32. The molecule has 2 rings (SSSR count). The summed E-state index contributed by atoms with van der Waals surface area (Å²) in [4.78, 5) is 1.29. The molecule has 0 radical (unpaired) electrons. The first-order valence-electron chi connectivity index (χ1n) is 6.68. The summed E-state index contributed by atoms with van der Waals surface area (Å²) >= 11 is 1.76. The van der Waals surface area contributed by atoms with Crippen LogP contribution in [0.2, 0.25) is 0 Å². The van der Waals surface area contributed by atoms with Gasteiger partial charge in [0, 0.05) is 11.4 Å². The average Bonchev–Trinajstić information content (AvgIpc) is 3.06. The number of hydrogen-bond acceptors (Lipinski definition) is 4. The lowest BCUT2D eigenvalue weighted by molar-refractivity contribution is 0.399. The van der Waals surface area contributed by atoms with Gasteiger partial charge in [-0.2, -0.15) is 5.10 Å². The Morgan fingerprint density at radius 1 is 1.47 bits per heavy atom. The molecule has 0 aliphatic rings. The van der Waals surface area contributed by atoms with Gasteiger partial charge in [-0.05, 0) is 24.4 Å². The van der Waals surface area contributed by atoms with Crippen LogP contribution in [-0.2, 0) is 6.54 Å². The number of aryl methyl sites for hydroxylation is 1. The quantitative estimate of drug-likeness (QED) is 0.846. The van der Waals surface area contributed by atoms with Crippen molar-refractivity contribution in [2.24, 2.45) is 0 Å². The molecular weight excluding hydrogens is 258 g/mol. The van der Waals surface area contributed by atoms with E-state index in [4.69, 9.17) is 4.74 Å². The van der Waals surface area contributed by atoms with Crippen molar-refractivity contribution in [3.8, 4) is 5.75 Å². The van der Waals surface area contributed by atoms with Gasteiger partial charge in [-0.3, -0.25) is 4.68 Å². The molecule has 0 spiro atoms. The summed E-state index contributed by atoms with van der Waals surface area (Å²) in [6.07, 6.45) is 2.87. The van der Waals surface area contributed by atoms with Crippen molar-refractivity contribution < 1.29 is 4.74 Å². The number of nitrogens with zero attached hydrogens (tertiary/aromatic N) is 2. The predicted molar refractivity (Wildman–Crippen MR) is 78.9 cm³/mol. The molecule has 1 atom stereocenters. The molecule has 0 aliphatic carbocycles. The fourth-order valence-corrected chi connectivity index (χ4v) is 3.01. The minimum Gasteiger partial charge on any atom is -0.493 e. The lowest BCUT2D eigenvalue weighted by Crippen LogP contribution is -2.24. The molecule has 0 aliphatic heterocycles. The third-order valence-corrected chi connectivity index (χ3v) is 3.95. The maximum atomic E-state index is 5.48. The lowest BCUT2D eigenvalue weighted by atomic mass is 10.1. The molecule has 104 valence electrons. The Kier molecular flexibility index (Phi) is 4.99. The minimum atomic E-state index is 0.147. The maximum Gasteiger partial charge on any atom is 0.161 e. The van der Waals surface area contributed by atoms with Crippen molar-refractivity contribution in [2.75, 3.05) is 13.7 Å². The molecule has 1 N–H and O–H groups in total. The second-order valence-electron chi connectivity index (χ2n) is 4.33. The highest BCUT2D eigenvalue weighted by atomic mass is 32.1. The first kappa shape index (κ1) is 14.1. The third kappa shape index (κ3) is 2.98. The number of aromatic nitrogens is 2. The number of thiophene rings is 1. The summed E-state index contributed by atoms with van der Waals surface area (Å²) in [6.45, 7) is 6.09. The molecule has 0 saturated carbocycles. The highest BCUT2D eigenvalue weighted by Gasteiger charge is 2.23. The lowest BCUT2D eigenvalue weighted by Gasteiger charge is -2.19. The molecule has 1 unspecified atom stereocenters. The normalized spacial score (nSPS) is 12.6. The van der Waals surface area contributed by atoms with Crippen molar-refractivity contribution in [2.45, 2.75) is 32.9 Å². The van der Waals surface area contributed by atoms with Gasteiger partial charge in [0.15, 0.2) is 5.75 Å². The van der Waals surface area contributed by atoms with E-state index in [1.165, 1.54) is 4.88 Å². The van der Waals surface area contributed by atoms with Gasteiger partial charge in [-0.25, -0.2) is 0 Å². The molecule has 2 aromatic heterocycles. The average molecular weight is 279 g/mol. The molecular formula is C14H21N3OS. The van der Waals surface area contributed by atoms with Gasteiger partial charge in [0.25, 0.3) is 0 Å². The van der Waals surface area contributed by atoms with Gasteiger partial charge < -0.3 is 10.1 Å². The number of nitrogens with one attached hydrogen (secondary N) is 1. The van der Waals surface area contributed by atoms with Crippen LogP contribution in [-0.4, -0.2) is 23.4 Å². The second-order valence-corrected chi connectivity index (χ2v) is 5.31. The Bertz CT molecular complexity index is 493. The van der Waals surface area contributed by atoms with Crippen LogP contribution in [0, 0.1) is 0 Å². The van der Waals surface area contributed by atoms with E-state index in [-0.39, 0.29) is 6.04 Å². The van der Waals surface area contributed by atoms with Gasteiger partial charge in [0.05, 0.1) is 19.3 Å². The molecule has 0 fully saturated rings. The Labute approximate surface area is 118 Å². The van der Waals surface area contributed by atoms with Crippen molar-refractivity contribution in [1.82, 2.24) is 15.1 Å². The fourth-order valence-electron chi connectivity index (χ4n) is 2.21. The van der Waals surface area contributed by atoms with Crippen molar-refractivity contribution in [1.29, 1.82) is 0 Å². The number of ether oxygens (including phenoxy) is 1. The Morgan fingerprint density at radius 2 is 2.32 bits per heavy atom. The third-order valence-electron chi connectivity index (χ3n) is 3.01. The number of rotatable bonds is 7. The van der Waals surface area contributed by atoms with E-state index >= 15 is 0 Å². The van der Waals surface area contributed by atoms with Crippen LogP contribution >= 0.6 is 11.3 Å². The van der Waals surface area contributed by atoms with E-state index in [2.05, 4.69) is 41.8 Å². The highest BCUT2D eigenvalue weighted by molar-refractivity contribution is 7.10. The molecule has 5 heteroatoms. The maximum absolute atomic E-state index is 5.48. The van der Waals surface area contributed by atoms with E-state index in [1.54, 1.807) is 18.4 Å². The predicted octanol–water partition coefficient (Wildman–Crippen LogP) is 3.06. The summed E-state index contributed by atoms with van der Waals surface area (Å²) < 4.78 is 7.53. The van der Waals surface area contributed by atoms with Crippen LogP contribution in [0.25, 0.3) is 0 Å². The minimum absolute atomic E-state index is 0.147. The fraction of sp³-hybridized carbons (Fsp3) is 0.500. The number of methoxy groups -OCH3 is 1. The molecule has 0 aromatic carbocycles. The van der Waals surface area contributed by atoms with Crippen LogP contribution in [0.4, 0.5) is 0 Å². The molecule has 19 heavy (non-hydrogen) atoms. The zero-order valence-electron chi connectivity index (χ0n) is 11.7. The molecule has 2 heterocycles. The van der Waals surface area contributed by atoms with Crippen LogP contribution in [0.1, 0.15) is 36.9 Å². The van der Waals surface area contributed by atoms with Gasteiger partial charge >= 0.3 is 0 Å². The van der Waals surface area contributed by atoms with Gasteiger partial charge in [0.1, 0.15) is 5.69 Å². The van der Waals surface area contributed by atoms with Gasteiger partial charge in [-0.15, -0.1) is 11.3 Å². The van der Waals surface area contributed by atoms with Crippen LogP contribution in [0.3, 0.4) is 0 Å². The largest absolute Gasteiger partial charge is 0.493 e. The standard InChI is InChI=1S/C14H21N3OS/c1-4-8-17-14(11(18-3)10-16-17)13(15-5-2)12-7-6-9-19-12/h6-7,9-10,13,15H,4-5,8H2,1-3H3. The van der Waals surface area contributed by atoms with E-state index in [1.807, 2.05) is 10.9 Å². The summed E-state index contributed by atoms with van der Waals surface area (Å²) in [5.41, 5.74) is 1.12. The van der Waals surface area contributed by atoms with Crippen molar-refractivity contribution in [3.05, 3.63) is 34.3 Å². The van der Waals surface area contributed by atoms with Crippen molar-refractivity contribution >= 4 is 11.3 Å². The number of hydrogen-bond donors (Lipinski definition) is 1. The molecule has 0 saturated heterocycles. The molecule has 2 aromatic rings. The van der Waals surface area contributed by atoms with Crippen LogP contribution in [0.5, 0.6) is 5.75 Å². The van der Waals surface area contributed by atoms with Crippen LogP contribution in [0.15, 0.2) is 23.7 Å². The van der Waals surface area contributed by atoms with E-state index < -0.39 is 0 Å². The SMILES string of the molecule is CCCn1ncc(OC)c1C(NCC)c1cccs1. The summed E-state index contributed by atoms with van der Waals surface area (Å²) in [6, 6.07) is 4.38. The van der Waals surface area contributed by atoms with Gasteiger partial charge in [0.2, 0.25) is 0 Å². The molecule has 4 nitrogen and oxygen atoms in total. The smallest absolute Gasteiger partial charge is 0.161 e. The first-order valence-corrected chi connectivity index (χ1v) is 7.56. The second kappa shape index (κ2) is 6.73. The summed E-state index contributed by atoms with van der Waals surface area (Å²) in [5.74, 6) is 0.854. The topological polar surface area (TPSA) is 39.1 Å².